The van der Waals surface area contributed by atoms with Gasteiger partial charge in [-0.3, -0.25) is 4.79 Å². The molecule has 0 fully saturated rings. The quantitative estimate of drug-likeness (QED) is 0.275. The van der Waals surface area contributed by atoms with E-state index < -0.39 is 5.97 Å². The molecule has 0 heterocycles. The smallest absolute Gasteiger partial charge is 0.306 e. The lowest BCUT2D eigenvalue weighted by Crippen LogP contribution is -2.16. The largest absolute Gasteiger partial charge is 0.481 e. The van der Waals surface area contributed by atoms with Gasteiger partial charge in [-0.2, -0.15) is 0 Å². The molecule has 0 amide bonds. The molecule has 1 aromatic rings. The molecule has 1 aromatic carbocycles. The summed E-state index contributed by atoms with van der Waals surface area (Å²) in [4.78, 5) is 11.5. The van der Waals surface area contributed by atoms with Gasteiger partial charge in [0.15, 0.2) is 0 Å². The molecule has 0 saturated heterocycles. The maximum atomic E-state index is 11.5. The van der Waals surface area contributed by atoms with Gasteiger partial charge in [0.25, 0.3) is 0 Å². The summed E-state index contributed by atoms with van der Waals surface area (Å²) in [6.07, 6.45) is 17.2. The lowest BCUT2D eigenvalue weighted by atomic mass is 9.93. The average molecular weight is 425 g/mol. The van der Waals surface area contributed by atoms with E-state index in [0.717, 1.165) is 22.9 Å². The number of halogens is 1. The first-order chi connectivity index (χ1) is 12.6. The van der Waals surface area contributed by atoms with Gasteiger partial charge in [-0.15, -0.1) is 0 Å². The number of carboxylic acids is 1. The van der Waals surface area contributed by atoms with E-state index in [9.17, 15) is 9.90 Å². The van der Waals surface area contributed by atoms with Crippen molar-refractivity contribution in [2.45, 2.75) is 96.8 Å². The van der Waals surface area contributed by atoms with Crippen LogP contribution in [-0.4, -0.2) is 11.1 Å². The zero-order valence-electron chi connectivity index (χ0n) is 16.5. The Morgan fingerprint density at radius 2 is 1.46 bits per heavy atom. The van der Waals surface area contributed by atoms with Crippen molar-refractivity contribution < 1.29 is 9.90 Å². The van der Waals surface area contributed by atoms with Crippen molar-refractivity contribution >= 4 is 21.9 Å². The highest BCUT2D eigenvalue weighted by atomic mass is 79.9. The maximum absolute atomic E-state index is 11.5. The minimum atomic E-state index is -0.659. The van der Waals surface area contributed by atoms with Gasteiger partial charge in [-0.05, 0) is 30.5 Å². The van der Waals surface area contributed by atoms with Crippen LogP contribution in [0.1, 0.15) is 96.0 Å². The van der Waals surface area contributed by atoms with Gasteiger partial charge in [0.1, 0.15) is 0 Å². The first kappa shape index (κ1) is 23.2. The van der Waals surface area contributed by atoms with E-state index in [1.165, 1.54) is 70.6 Å². The van der Waals surface area contributed by atoms with E-state index in [1.807, 2.05) is 24.3 Å². The molecule has 1 atom stereocenters. The Kier molecular flexibility index (Phi) is 13.6. The van der Waals surface area contributed by atoms with Gasteiger partial charge in [-0.1, -0.05) is 112 Å². The highest BCUT2D eigenvalue weighted by Crippen LogP contribution is 2.20. The molecule has 0 aliphatic heterocycles. The minimum absolute atomic E-state index is 0.257. The molecule has 0 radical (unpaired) electrons. The van der Waals surface area contributed by atoms with Gasteiger partial charge in [-0.25, -0.2) is 0 Å². The number of benzene rings is 1. The fraction of sp³-hybridized carbons (Fsp3) is 0.696. The molecule has 1 N–H and O–H groups in total. The van der Waals surface area contributed by atoms with E-state index in [1.54, 1.807) is 0 Å². The number of aliphatic carboxylic acids is 1. The van der Waals surface area contributed by atoms with Crippen molar-refractivity contribution in [1.82, 2.24) is 0 Å². The van der Waals surface area contributed by atoms with Crippen LogP contribution >= 0.6 is 15.9 Å². The molecule has 2 nitrogen and oxygen atoms in total. The van der Waals surface area contributed by atoms with E-state index in [-0.39, 0.29) is 5.92 Å². The van der Waals surface area contributed by atoms with Crippen LogP contribution in [0.5, 0.6) is 0 Å². The van der Waals surface area contributed by atoms with Crippen LogP contribution in [0.25, 0.3) is 0 Å². The zero-order chi connectivity index (χ0) is 19.0. The SMILES string of the molecule is CCCCCCCCCCCCCCC(Cc1cccc(Br)c1)C(=O)O. The summed E-state index contributed by atoms with van der Waals surface area (Å²) in [6.45, 7) is 2.26. The molecule has 0 saturated carbocycles. The summed E-state index contributed by atoms with van der Waals surface area (Å²) in [7, 11) is 0. The molecule has 0 aliphatic rings. The van der Waals surface area contributed by atoms with Gasteiger partial charge in [0.05, 0.1) is 5.92 Å². The highest BCUT2D eigenvalue weighted by molar-refractivity contribution is 9.10. The maximum Gasteiger partial charge on any atom is 0.306 e. The van der Waals surface area contributed by atoms with Crippen molar-refractivity contribution in [3.63, 3.8) is 0 Å². The number of carboxylic acid groups (broad SMARTS) is 1. The summed E-state index contributed by atoms with van der Waals surface area (Å²) in [5, 5.41) is 9.47. The van der Waals surface area contributed by atoms with E-state index in [0.29, 0.717) is 6.42 Å². The fourth-order valence-electron chi connectivity index (χ4n) is 3.49. The molecule has 148 valence electrons. The Hall–Kier alpha value is -0.830. The van der Waals surface area contributed by atoms with Crippen LogP contribution in [0.3, 0.4) is 0 Å². The van der Waals surface area contributed by atoms with Gasteiger partial charge in [0.2, 0.25) is 0 Å². The average Bonchev–Trinajstić information content (AvgIpc) is 2.61. The summed E-state index contributed by atoms with van der Waals surface area (Å²) in [5.41, 5.74) is 1.10. The zero-order valence-corrected chi connectivity index (χ0v) is 18.1. The Balaban J connectivity index is 2.05. The summed E-state index contributed by atoms with van der Waals surface area (Å²) >= 11 is 3.46. The van der Waals surface area contributed by atoms with Crippen LogP contribution in [-0.2, 0) is 11.2 Å². The summed E-state index contributed by atoms with van der Waals surface area (Å²) in [6, 6.07) is 7.99. The molecule has 0 aromatic heterocycles. The molecule has 0 bridgehead atoms. The van der Waals surface area contributed by atoms with Crippen molar-refractivity contribution in [3.05, 3.63) is 34.3 Å². The van der Waals surface area contributed by atoms with Crippen LogP contribution in [0.15, 0.2) is 28.7 Å². The van der Waals surface area contributed by atoms with Crippen molar-refractivity contribution in [2.24, 2.45) is 5.92 Å². The lowest BCUT2D eigenvalue weighted by Gasteiger charge is -2.12. The number of hydrogen-bond donors (Lipinski definition) is 1. The predicted molar refractivity (Wildman–Crippen MR) is 115 cm³/mol. The first-order valence-electron chi connectivity index (χ1n) is 10.6. The van der Waals surface area contributed by atoms with Crippen molar-refractivity contribution in [3.8, 4) is 0 Å². The van der Waals surface area contributed by atoms with Crippen molar-refractivity contribution in [2.75, 3.05) is 0 Å². The monoisotopic (exact) mass is 424 g/mol. The second-order valence-electron chi connectivity index (χ2n) is 7.55. The van der Waals surface area contributed by atoms with Crippen molar-refractivity contribution in [1.29, 1.82) is 0 Å². The Morgan fingerprint density at radius 1 is 0.923 bits per heavy atom. The molecular weight excluding hydrogens is 388 g/mol. The number of rotatable bonds is 16. The molecule has 1 unspecified atom stereocenters. The van der Waals surface area contributed by atoms with Crippen LogP contribution in [0.2, 0.25) is 0 Å². The molecule has 0 spiro atoms. The molecule has 1 rings (SSSR count). The second-order valence-corrected chi connectivity index (χ2v) is 8.46. The summed E-state index contributed by atoms with van der Waals surface area (Å²) < 4.78 is 1.02. The summed E-state index contributed by atoms with van der Waals surface area (Å²) in [5.74, 6) is -0.916. The number of carbonyl (C=O) groups is 1. The Morgan fingerprint density at radius 3 is 1.96 bits per heavy atom. The highest BCUT2D eigenvalue weighted by Gasteiger charge is 2.17. The van der Waals surface area contributed by atoms with Gasteiger partial charge < -0.3 is 5.11 Å². The standard InChI is InChI=1S/C23H37BrO2/c1-2-3-4-5-6-7-8-9-10-11-12-13-16-21(23(25)26)18-20-15-14-17-22(24)19-20/h14-15,17,19,21H,2-13,16,18H2,1H3,(H,25,26). The molecule has 3 heteroatoms. The van der Waals surface area contributed by atoms with Crippen LogP contribution in [0.4, 0.5) is 0 Å². The number of hydrogen-bond acceptors (Lipinski definition) is 1. The fourth-order valence-corrected chi connectivity index (χ4v) is 3.94. The Labute approximate surface area is 168 Å². The van der Waals surface area contributed by atoms with Gasteiger partial charge >= 0.3 is 5.97 Å². The number of unbranched alkanes of at least 4 members (excludes halogenated alkanes) is 11. The molecular formula is C23H37BrO2. The molecule has 0 aliphatic carbocycles. The second kappa shape index (κ2) is 15.2. The third-order valence-corrected chi connectivity index (χ3v) is 5.62. The minimum Gasteiger partial charge on any atom is -0.481 e. The third-order valence-electron chi connectivity index (χ3n) is 5.13. The molecule has 26 heavy (non-hydrogen) atoms. The lowest BCUT2D eigenvalue weighted by molar-refractivity contribution is -0.142. The van der Waals surface area contributed by atoms with Gasteiger partial charge in [0, 0.05) is 4.47 Å². The van der Waals surface area contributed by atoms with E-state index in [2.05, 4.69) is 22.9 Å². The van der Waals surface area contributed by atoms with Crippen LogP contribution < -0.4 is 0 Å². The normalized spacial score (nSPS) is 12.2. The topological polar surface area (TPSA) is 37.3 Å². The van der Waals surface area contributed by atoms with E-state index in [4.69, 9.17) is 0 Å². The Bertz CT molecular complexity index is 487. The predicted octanol–water partition coefficient (Wildman–Crippen LogP) is 7.78. The first-order valence-corrected chi connectivity index (χ1v) is 11.4. The van der Waals surface area contributed by atoms with Crippen LogP contribution in [0, 0.1) is 5.92 Å². The third kappa shape index (κ3) is 11.7. The van der Waals surface area contributed by atoms with E-state index >= 15 is 0 Å².